The van der Waals surface area contributed by atoms with Gasteiger partial charge in [-0.3, -0.25) is 9.59 Å². The maximum atomic E-state index is 12.5. The standard InChI is InChI=1S/C22H31N3O3/c1-3-25-16-21(28-22(8-9-22)20(25)27)10-13-24(14-11-21)12-7-18-5-4-6-19(15-18)23-17(2)26/h4-6,15H,3,7-14,16H2,1-2H3,(H,23,26). The van der Waals surface area contributed by atoms with Gasteiger partial charge in [-0.2, -0.15) is 0 Å². The number of carbonyl (C=O) groups is 2. The van der Waals surface area contributed by atoms with Gasteiger partial charge in [0.25, 0.3) is 5.91 Å². The van der Waals surface area contributed by atoms with Crippen LogP contribution >= 0.6 is 0 Å². The van der Waals surface area contributed by atoms with Crippen LogP contribution in [0.1, 0.15) is 45.1 Å². The zero-order valence-electron chi connectivity index (χ0n) is 17.0. The van der Waals surface area contributed by atoms with E-state index in [1.165, 1.54) is 12.5 Å². The third-order valence-corrected chi connectivity index (χ3v) is 6.39. The lowest BCUT2D eigenvalue weighted by Gasteiger charge is -2.50. The van der Waals surface area contributed by atoms with Gasteiger partial charge >= 0.3 is 0 Å². The average molecular weight is 386 g/mol. The number of likely N-dealkylation sites (tertiary alicyclic amines) is 1. The molecule has 0 bridgehead atoms. The van der Waals surface area contributed by atoms with Gasteiger partial charge in [0.05, 0.1) is 5.60 Å². The van der Waals surface area contributed by atoms with Crippen LogP contribution in [0.2, 0.25) is 0 Å². The van der Waals surface area contributed by atoms with Gasteiger partial charge in [-0.15, -0.1) is 0 Å². The lowest BCUT2D eigenvalue weighted by Crippen LogP contribution is -2.62. The largest absolute Gasteiger partial charge is 0.357 e. The number of hydrogen-bond donors (Lipinski definition) is 1. The fourth-order valence-electron chi connectivity index (χ4n) is 4.62. The van der Waals surface area contributed by atoms with Gasteiger partial charge in [-0.1, -0.05) is 12.1 Å². The maximum Gasteiger partial charge on any atom is 0.254 e. The molecule has 3 fully saturated rings. The average Bonchev–Trinajstić information content (AvgIpc) is 3.44. The summed E-state index contributed by atoms with van der Waals surface area (Å²) in [5.74, 6) is 0.168. The van der Waals surface area contributed by atoms with Crippen LogP contribution in [0.15, 0.2) is 24.3 Å². The molecule has 4 rings (SSSR count). The molecule has 3 aliphatic rings. The SMILES string of the molecule is CCN1CC2(CCN(CCc3cccc(NC(C)=O)c3)CC2)OC2(CC2)C1=O. The number of nitrogens with one attached hydrogen (secondary N) is 1. The molecule has 0 atom stereocenters. The third-order valence-electron chi connectivity index (χ3n) is 6.39. The molecule has 2 aliphatic heterocycles. The number of carbonyl (C=O) groups excluding carboxylic acids is 2. The van der Waals surface area contributed by atoms with Crippen molar-refractivity contribution in [3.05, 3.63) is 29.8 Å². The second-order valence-corrected chi connectivity index (χ2v) is 8.57. The van der Waals surface area contributed by atoms with Crippen molar-refractivity contribution in [2.75, 3.05) is 38.0 Å². The molecule has 28 heavy (non-hydrogen) atoms. The maximum absolute atomic E-state index is 12.5. The first-order valence-electron chi connectivity index (χ1n) is 10.5. The molecule has 1 aliphatic carbocycles. The minimum atomic E-state index is -0.486. The number of ether oxygens (including phenoxy) is 1. The van der Waals surface area contributed by atoms with E-state index in [2.05, 4.69) is 29.3 Å². The van der Waals surface area contributed by atoms with Gasteiger partial charge < -0.3 is 19.9 Å². The Morgan fingerprint density at radius 1 is 1.21 bits per heavy atom. The molecule has 0 radical (unpaired) electrons. The van der Waals surface area contributed by atoms with E-state index < -0.39 is 5.60 Å². The molecular formula is C22H31N3O3. The van der Waals surface area contributed by atoms with Gasteiger partial charge in [0, 0.05) is 45.3 Å². The van der Waals surface area contributed by atoms with E-state index in [0.29, 0.717) is 0 Å². The summed E-state index contributed by atoms with van der Waals surface area (Å²) in [4.78, 5) is 28.3. The van der Waals surface area contributed by atoms with Crippen molar-refractivity contribution in [1.29, 1.82) is 0 Å². The summed E-state index contributed by atoms with van der Waals surface area (Å²) in [5.41, 5.74) is 1.46. The number of piperidine rings is 1. The lowest BCUT2D eigenvalue weighted by atomic mass is 9.87. The van der Waals surface area contributed by atoms with Crippen LogP contribution in [0.5, 0.6) is 0 Å². The lowest BCUT2D eigenvalue weighted by molar-refractivity contribution is -0.200. The molecule has 152 valence electrons. The van der Waals surface area contributed by atoms with Crippen molar-refractivity contribution >= 4 is 17.5 Å². The van der Waals surface area contributed by atoms with Crippen molar-refractivity contribution in [1.82, 2.24) is 9.80 Å². The van der Waals surface area contributed by atoms with Crippen LogP contribution in [0.3, 0.4) is 0 Å². The Balaban J connectivity index is 1.31. The van der Waals surface area contributed by atoms with Crippen LogP contribution in [-0.4, -0.2) is 65.5 Å². The Morgan fingerprint density at radius 2 is 1.96 bits per heavy atom. The quantitative estimate of drug-likeness (QED) is 0.846. The van der Waals surface area contributed by atoms with Crippen LogP contribution in [0, 0.1) is 0 Å². The first kappa shape index (κ1) is 19.4. The van der Waals surface area contributed by atoms with Crippen LogP contribution < -0.4 is 5.32 Å². The molecule has 2 spiro atoms. The first-order valence-corrected chi connectivity index (χ1v) is 10.5. The highest BCUT2D eigenvalue weighted by Gasteiger charge is 2.61. The zero-order valence-corrected chi connectivity index (χ0v) is 17.0. The highest BCUT2D eigenvalue weighted by molar-refractivity contribution is 5.89. The minimum Gasteiger partial charge on any atom is -0.357 e. The molecule has 1 aromatic carbocycles. The van der Waals surface area contributed by atoms with Gasteiger partial charge in [-0.25, -0.2) is 0 Å². The summed E-state index contributed by atoms with van der Waals surface area (Å²) in [7, 11) is 0. The van der Waals surface area contributed by atoms with E-state index in [4.69, 9.17) is 4.74 Å². The fraction of sp³-hybridized carbons (Fsp3) is 0.636. The smallest absolute Gasteiger partial charge is 0.254 e. The molecule has 2 heterocycles. The number of morpholine rings is 1. The summed E-state index contributed by atoms with van der Waals surface area (Å²) in [6, 6.07) is 8.08. The van der Waals surface area contributed by atoms with Gasteiger partial charge in [0.1, 0.15) is 5.60 Å². The van der Waals surface area contributed by atoms with E-state index >= 15 is 0 Å². The summed E-state index contributed by atoms with van der Waals surface area (Å²) in [5, 5.41) is 2.85. The minimum absolute atomic E-state index is 0.0426. The summed E-state index contributed by atoms with van der Waals surface area (Å²) >= 11 is 0. The normalized spacial score (nSPS) is 23.2. The molecule has 2 amide bonds. The number of amides is 2. The predicted molar refractivity (Wildman–Crippen MR) is 108 cm³/mol. The molecule has 1 N–H and O–H groups in total. The fourth-order valence-corrected chi connectivity index (χ4v) is 4.62. The van der Waals surface area contributed by atoms with Crippen molar-refractivity contribution in [3.8, 4) is 0 Å². The van der Waals surface area contributed by atoms with Crippen molar-refractivity contribution < 1.29 is 14.3 Å². The second kappa shape index (κ2) is 7.48. The monoisotopic (exact) mass is 385 g/mol. The Bertz CT molecular complexity index is 751. The molecule has 1 saturated carbocycles. The number of anilines is 1. The highest BCUT2D eigenvalue weighted by Crippen LogP contribution is 2.49. The van der Waals surface area contributed by atoms with Crippen LogP contribution in [0.25, 0.3) is 0 Å². The van der Waals surface area contributed by atoms with E-state index in [-0.39, 0.29) is 17.4 Å². The zero-order chi connectivity index (χ0) is 19.8. The van der Waals surface area contributed by atoms with Crippen LogP contribution in [-0.2, 0) is 20.7 Å². The number of nitrogens with zero attached hydrogens (tertiary/aromatic N) is 2. The van der Waals surface area contributed by atoms with E-state index in [0.717, 1.165) is 70.5 Å². The number of hydrogen-bond acceptors (Lipinski definition) is 4. The van der Waals surface area contributed by atoms with Crippen LogP contribution in [0.4, 0.5) is 5.69 Å². The number of likely N-dealkylation sites (N-methyl/N-ethyl adjacent to an activating group) is 1. The Morgan fingerprint density at radius 3 is 2.61 bits per heavy atom. The second-order valence-electron chi connectivity index (χ2n) is 8.57. The summed E-state index contributed by atoms with van der Waals surface area (Å²) < 4.78 is 6.46. The number of rotatable bonds is 5. The first-order chi connectivity index (χ1) is 13.4. The summed E-state index contributed by atoms with van der Waals surface area (Å²) in [6.45, 7) is 8.14. The van der Waals surface area contributed by atoms with E-state index in [1.54, 1.807) is 0 Å². The van der Waals surface area contributed by atoms with Gasteiger partial charge in [0.2, 0.25) is 5.91 Å². The number of benzene rings is 1. The third kappa shape index (κ3) is 3.94. The van der Waals surface area contributed by atoms with Crippen molar-refractivity contribution in [2.45, 2.75) is 57.2 Å². The van der Waals surface area contributed by atoms with E-state index in [1.807, 2.05) is 17.0 Å². The van der Waals surface area contributed by atoms with Gasteiger partial charge in [-0.05, 0) is 56.7 Å². The topological polar surface area (TPSA) is 61.9 Å². The van der Waals surface area contributed by atoms with E-state index in [9.17, 15) is 9.59 Å². The van der Waals surface area contributed by atoms with Crippen molar-refractivity contribution in [3.63, 3.8) is 0 Å². The Kier molecular flexibility index (Phi) is 5.19. The molecule has 6 nitrogen and oxygen atoms in total. The highest BCUT2D eigenvalue weighted by atomic mass is 16.5. The Hall–Kier alpha value is -1.92. The molecule has 0 aromatic heterocycles. The van der Waals surface area contributed by atoms with Gasteiger partial charge in [0.15, 0.2) is 0 Å². The molecule has 2 saturated heterocycles. The van der Waals surface area contributed by atoms with Crippen molar-refractivity contribution in [2.24, 2.45) is 0 Å². The summed E-state index contributed by atoms with van der Waals surface area (Å²) in [6.07, 6.45) is 4.72. The molecular weight excluding hydrogens is 354 g/mol. The molecule has 1 aromatic rings. The Labute approximate surface area is 167 Å². The molecule has 6 heteroatoms. The molecule has 0 unspecified atom stereocenters. The predicted octanol–water partition coefficient (Wildman–Crippen LogP) is 2.43.